The molecule has 206 valence electrons. The molecule has 4 aromatic carbocycles. The molecular formula is C32H23ClN6O3. The molecule has 6 aromatic rings. The van der Waals surface area contributed by atoms with Gasteiger partial charge in [0, 0.05) is 51.9 Å². The van der Waals surface area contributed by atoms with Crippen LogP contribution in [0.2, 0.25) is 0 Å². The van der Waals surface area contributed by atoms with Crippen molar-refractivity contribution < 1.29 is 14.3 Å². The second-order valence-corrected chi connectivity index (χ2v) is 10.8. The number of amidine groups is 1. The summed E-state index contributed by atoms with van der Waals surface area (Å²) >= 11 is 6.43. The van der Waals surface area contributed by atoms with Gasteiger partial charge >= 0.3 is 0 Å². The number of aromatic nitrogens is 2. The summed E-state index contributed by atoms with van der Waals surface area (Å²) < 4.78 is 5.79. The van der Waals surface area contributed by atoms with E-state index in [4.69, 9.17) is 22.1 Å². The third-order valence-electron chi connectivity index (χ3n) is 7.99. The normalized spacial score (nSPS) is 15.6. The first-order valence-corrected chi connectivity index (χ1v) is 14.0. The van der Waals surface area contributed by atoms with Crippen LogP contribution >= 0.6 is 11.6 Å². The zero-order valence-electron chi connectivity index (χ0n) is 22.1. The molecule has 2 amide bonds. The van der Waals surface area contributed by atoms with E-state index in [2.05, 4.69) is 20.3 Å². The Morgan fingerprint density at radius 1 is 0.976 bits per heavy atom. The molecule has 8 rings (SSSR count). The Labute approximate surface area is 243 Å². The molecule has 0 aliphatic carbocycles. The van der Waals surface area contributed by atoms with Crippen molar-refractivity contribution in [2.24, 2.45) is 10.7 Å². The van der Waals surface area contributed by atoms with E-state index >= 15 is 0 Å². The number of fused-ring (bicyclic) bond motifs is 4. The van der Waals surface area contributed by atoms with Crippen LogP contribution in [0.4, 0.5) is 17.1 Å². The number of nitrogens with two attached hydrogens (primary N) is 1. The molecule has 0 bridgehead atoms. The standard InChI is InChI=1S/C32H23ClN6O3/c33-14-18-15-39(26-13-27-29-20(28(18)26)5-3-7-23(29)38-32(34)42-27)31(41)25-12-17-10-19(8-9-22(17)37-25)35-30(40)24-11-16-4-1-2-6-21(16)36-24/h1-13,18,36-37H,14-15H2,(H2,34,38)(H,35,40). The van der Waals surface area contributed by atoms with Crippen molar-refractivity contribution in [1.29, 1.82) is 0 Å². The second kappa shape index (κ2) is 9.12. The van der Waals surface area contributed by atoms with Gasteiger partial charge in [-0.15, -0.1) is 11.6 Å². The fourth-order valence-corrected chi connectivity index (χ4v) is 6.36. The molecule has 2 aliphatic heterocycles. The van der Waals surface area contributed by atoms with Gasteiger partial charge in [0.05, 0.1) is 16.8 Å². The maximum absolute atomic E-state index is 13.9. The van der Waals surface area contributed by atoms with E-state index in [-0.39, 0.29) is 23.8 Å². The Morgan fingerprint density at radius 3 is 2.64 bits per heavy atom. The molecule has 1 unspecified atom stereocenters. The number of aliphatic imine (C=N–C) groups is 1. The summed E-state index contributed by atoms with van der Waals surface area (Å²) in [5.74, 6) is 0.420. The Hall–Kier alpha value is -5.28. The van der Waals surface area contributed by atoms with Crippen molar-refractivity contribution in [3.63, 3.8) is 0 Å². The smallest absolute Gasteiger partial charge is 0.292 e. The molecule has 10 heteroatoms. The van der Waals surface area contributed by atoms with Crippen LogP contribution < -0.4 is 20.7 Å². The van der Waals surface area contributed by atoms with Gasteiger partial charge in [-0.1, -0.05) is 30.3 Å². The van der Waals surface area contributed by atoms with Crippen molar-refractivity contribution in [3.8, 4) is 5.75 Å². The van der Waals surface area contributed by atoms with Gasteiger partial charge in [0.2, 0.25) is 0 Å². The van der Waals surface area contributed by atoms with Crippen molar-refractivity contribution in [3.05, 3.63) is 95.8 Å². The van der Waals surface area contributed by atoms with Gasteiger partial charge in [-0.3, -0.25) is 9.59 Å². The van der Waals surface area contributed by atoms with Crippen LogP contribution in [-0.4, -0.2) is 40.2 Å². The monoisotopic (exact) mass is 574 g/mol. The third kappa shape index (κ3) is 3.74. The average molecular weight is 575 g/mol. The topological polar surface area (TPSA) is 129 Å². The molecule has 4 heterocycles. The summed E-state index contributed by atoms with van der Waals surface area (Å²) in [4.78, 5) is 39.3. The zero-order valence-corrected chi connectivity index (χ0v) is 22.8. The lowest BCUT2D eigenvalue weighted by Crippen LogP contribution is -2.30. The van der Waals surface area contributed by atoms with Gasteiger partial charge in [0.15, 0.2) is 0 Å². The SMILES string of the molecule is NC1=Nc2cccc3c4c(cc(c23)O1)N(C(=O)c1cc2cc(NC(=O)c3cc5ccccc5[nH]3)ccc2[nH]1)CC4CCl. The number of hydrogen-bond donors (Lipinski definition) is 4. The maximum atomic E-state index is 13.9. The van der Waals surface area contributed by atoms with Crippen LogP contribution in [0.5, 0.6) is 5.75 Å². The molecule has 5 N–H and O–H groups in total. The zero-order chi connectivity index (χ0) is 28.5. The second-order valence-electron chi connectivity index (χ2n) is 10.5. The number of benzene rings is 4. The lowest BCUT2D eigenvalue weighted by atomic mass is 9.94. The van der Waals surface area contributed by atoms with Gasteiger partial charge in [-0.05, 0) is 53.4 Å². The molecule has 2 aromatic heterocycles. The van der Waals surface area contributed by atoms with Crippen molar-refractivity contribution in [1.82, 2.24) is 9.97 Å². The molecule has 0 fully saturated rings. The number of H-pyrrole nitrogens is 2. The van der Waals surface area contributed by atoms with Crippen LogP contribution in [0.15, 0.2) is 83.9 Å². The van der Waals surface area contributed by atoms with Crippen LogP contribution in [-0.2, 0) is 0 Å². The molecule has 42 heavy (non-hydrogen) atoms. The molecule has 0 saturated carbocycles. The number of para-hydroxylation sites is 1. The van der Waals surface area contributed by atoms with Crippen LogP contribution in [0.3, 0.4) is 0 Å². The molecule has 1 atom stereocenters. The fourth-order valence-electron chi connectivity index (χ4n) is 6.11. The maximum Gasteiger partial charge on any atom is 0.292 e. The van der Waals surface area contributed by atoms with E-state index in [1.807, 2.05) is 66.7 Å². The number of alkyl halides is 1. The predicted octanol–water partition coefficient (Wildman–Crippen LogP) is 6.38. The molecular weight excluding hydrogens is 552 g/mol. The lowest BCUT2D eigenvalue weighted by molar-refractivity contribution is 0.0983. The summed E-state index contributed by atoms with van der Waals surface area (Å²) in [6, 6.07) is 24.6. The van der Waals surface area contributed by atoms with Crippen molar-refractivity contribution in [2.45, 2.75) is 5.92 Å². The molecule has 9 nitrogen and oxygen atoms in total. The fraction of sp³-hybridized carbons (Fsp3) is 0.0938. The van der Waals surface area contributed by atoms with E-state index in [0.29, 0.717) is 35.2 Å². The van der Waals surface area contributed by atoms with Crippen LogP contribution in [0.1, 0.15) is 32.5 Å². The summed E-state index contributed by atoms with van der Waals surface area (Å²) in [7, 11) is 0. The number of halogens is 1. The molecule has 0 radical (unpaired) electrons. The van der Waals surface area contributed by atoms with E-state index in [0.717, 1.165) is 49.5 Å². The Morgan fingerprint density at radius 2 is 1.79 bits per heavy atom. The number of carbonyl (C=O) groups is 2. The van der Waals surface area contributed by atoms with Gasteiger partial charge in [-0.2, -0.15) is 4.99 Å². The Balaban J connectivity index is 1.12. The number of hydrogen-bond acceptors (Lipinski definition) is 5. The number of rotatable bonds is 4. The Bertz CT molecular complexity index is 2110. The number of carbonyl (C=O) groups excluding carboxylic acids is 2. The van der Waals surface area contributed by atoms with E-state index < -0.39 is 0 Å². The van der Waals surface area contributed by atoms with Gasteiger partial charge in [0.1, 0.15) is 17.1 Å². The summed E-state index contributed by atoms with van der Waals surface area (Å²) in [6.07, 6.45) is 0. The van der Waals surface area contributed by atoms with Gasteiger partial charge < -0.3 is 30.7 Å². The quantitative estimate of drug-likeness (QED) is 0.182. The molecule has 0 saturated heterocycles. The highest BCUT2D eigenvalue weighted by Crippen LogP contribution is 2.49. The van der Waals surface area contributed by atoms with Crippen molar-refractivity contribution in [2.75, 3.05) is 22.6 Å². The minimum Gasteiger partial charge on any atom is -0.425 e. The first-order chi connectivity index (χ1) is 20.5. The molecule has 2 aliphatic rings. The lowest BCUT2D eigenvalue weighted by Gasteiger charge is -2.21. The number of aromatic amines is 2. The number of nitrogens with one attached hydrogen (secondary N) is 3. The summed E-state index contributed by atoms with van der Waals surface area (Å²) in [6.45, 7) is 0.429. The summed E-state index contributed by atoms with van der Waals surface area (Å²) in [5, 5.41) is 6.52. The van der Waals surface area contributed by atoms with E-state index in [1.54, 1.807) is 17.0 Å². The van der Waals surface area contributed by atoms with E-state index in [9.17, 15) is 9.59 Å². The summed E-state index contributed by atoms with van der Waals surface area (Å²) in [5.41, 5.74) is 11.6. The number of ether oxygens (including phenoxy) is 1. The third-order valence-corrected chi connectivity index (χ3v) is 8.36. The Kier molecular flexibility index (Phi) is 5.32. The van der Waals surface area contributed by atoms with Gasteiger partial charge in [-0.25, -0.2) is 0 Å². The first-order valence-electron chi connectivity index (χ1n) is 13.5. The molecule has 0 spiro atoms. The van der Waals surface area contributed by atoms with Crippen LogP contribution in [0.25, 0.3) is 32.6 Å². The highest BCUT2D eigenvalue weighted by molar-refractivity contribution is 6.20. The highest BCUT2D eigenvalue weighted by Gasteiger charge is 2.36. The van der Waals surface area contributed by atoms with E-state index in [1.165, 1.54) is 0 Å². The van der Waals surface area contributed by atoms with Crippen molar-refractivity contribution >= 4 is 79.1 Å². The minimum atomic E-state index is -0.245. The largest absolute Gasteiger partial charge is 0.425 e. The van der Waals surface area contributed by atoms with Gasteiger partial charge in [0.25, 0.3) is 17.8 Å². The number of amides is 2. The van der Waals surface area contributed by atoms with Crippen LogP contribution in [0, 0.1) is 0 Å². The predicted molar refractivity (Wildman–Crippen MR) is 166 cm³/mol. The number of nitrogens with zero attached hydrogens (tertiary/aromatic N) is 2. The average Bonchev–Trinajstić information content (AvgIpc) is 3.71. The first kappa shape index (κ1) is 24.5. The highest BCUT2D eigenvalue weighted by atomic mass is 35.5. The number of anilines is 2. The minimum absolute atomic E-state index is 0.0581.